The Kier molecular flexibility index (Phi) is 2.88. The molecule has 0 bridgehead atoms. The fourth-order valence-corrected chi connectivity index (χ4v) is 2.82. The van der Waals surface area contributed by atoms with Crippen LogP contribution in [0.5, 0.6) is 0 Å². The fourth-order valence-electron chi connectivity index (χ4n) is 2.82. The molecular weight excluding hydrogens is 224 g/mol. The van der Waals surface area contributed by atoms with Gasteiger partial charge in [-0.15, -0.1) is 0 Å². The van der Waals surface area contributed by atoms with Crippen LogP contribution in [0, 0.1) is 6.92 Å². The van der Waals surface area contributed by atoms with Gasteiger partial charge in [-0.25, -0.2) is 0 Å². The average molecular weight is 242 g/mol. The molecule has 2 aromatic heterocycles. The van der Waals surface area contributed by atoms with Crippen molar-refractivity contribution in [3.63, 3.8) is 0 Å². The number of nitrogens with one attached hydrogen (secondary N) is 1. The molecule has 1 fully saturated rings. The normalized spacial score (nSPS) is 19.3. The molecule has 1 unspecified atom stereocenters. The molecule has 18 heavy (non-hydrogen) atoms. The average Bonchev–Trinajstić information content (AvgIpc) is 2.99. The molecule has 1 aliphatic heterocycles. The van der Waals surface area contributed by atoms with Crippen molar-refractivity contribution in [2.24, 2.45) is 7.05 Å². The maximum absolute atomic E-state index is 4.66. The second-order valence-electron chi connectivity index (χ2n) is 4.87. The summed E-state index contributed by atoms with van der Waals surface area (Å²) in [6, 6.07) is 4.47. The van der Waals surface area contributed by atoms with Crippen LogP contribution in [0.3, 0.4) is 0 Å². The van der Waals surface area contributed by atoms with E-state index in [9.17, 15) is 0 Å². The van der Waals surface area contributed by atoms with Crippen LogP contribution >= 0.6 is 0 Å². The van der Waals surface area contributed by atoms with Gasteiger partial charge in [0.15, 0.2) is 0 Å². The maximum Gasteiger partial charge on any atom is 0.0971 e. The van der Waals surface area contributed by atoms with Crippen LogP contribution in [0.15, 0.2) is 24.5 Å². The Labute approximate surface area is 107 Å². The van der Waals surface area contributed by atoms with E-state index in [0.717, 1.165) is 17.8 Å². The lowest BCUT2D eigenvalue weighted by atomic mass is 10.0. The van der Waals surface area contributed by atoms with Gasteiger partial charge in [0.1, 0.15) is 0 Å². The largest absolute Gasteiger partial charge is 0.309 e. The van der Waals surface area contributed by atoms with Gasteiger partial charge < -0.3 is 5.32 Å². The number of nitrogens with zero attached hydrogens (tertiary/aromatic N) is 3. The molecule has 4 nitrogen and oxygen atoms in total. The van der Waals surface area contributed by atoms with Crippen LogP contribution in [0.25, 0.3) is 11.3 Å². The summed E-state index contributed by atoms with van der Waals surface area (Å²) in [5, 5.41) is 8.20. The predicted molar refractivity (Wildman–Crippen MR) is 71.2 cm³/mol. The minimum absolute atomic E-state index is 0.452. The molecule has 0 aromatic carbocycles. The van der Waals surface area contributed by atoms with Crippen LogP contribution in [-0.4, -0.2) is 21.3 Å². The van der Waals surface area contributed by atoms with Crippen LogP contribution < -0.4 is 5.32 Å². The molecule has 0 radical (unpaired) electrons. The first-order valence-corrected chi connectivity index (χ1v) is 6.44. The van der Waals surface area contributed by atoms with Crippen LogP contribution in [0.2, 0.25) is 0 Å². The molecule has 0 spiro atoms. The molecule has 0 saturated carbocycles. The van der Waals surface area contributed by atoms with E-state index in [1.165, 1.54) is 24.1 Å². The number of hydrogen-bond acceptors (Lipinski definition) is 3. The van der Waals surface area contributed by atoms with Gasteiger partial charge in [-0.1, -0.05) is 0 Å². The highest BCUT2D eigenvalue weighted by atomic mass is 15.3. The predicted octanol–water partition coefficient (Wildman–Crippen LogP) is 2.22. The highest BCUT2D eigenvalue weighted by Gasteiger charge is 2.24. The van der Waals surface area contributed by atoms with E-state index >= 15 is 0 Å². The number of pyridine rings is 1. The second kappa shape index (κ2) is 4.53. The highest BCUT2D eigenvalue weighted by Crippen LogP contribution is 2.31. The molecular formula is C14H18N4. The van der Waals surface area contributed by atoms with Crippen molar-refractivity contribution in [3.8, 4) is 11.3 Å². The molecule has 1 aliphatic rings. The lowest BCUT2D eigenvalue weighted by molar-refractivity contribution is 0.571. The Morgan fingerprint density at radius 1 is 1.44 bits per heavy atom. The van der Waals surface area contributed by atoms with Gasteiger partial charge in [0.05, 0.1) is 11.4 Å². The standard InChI is InChI=1S/C14H18N4/c1-10-13(11-5-3-7-15-9-11)17-18(2)14(10)12-6-4-8-16-12/h3,5,7,9,12,16H,4,6,8H2,1-2H3. The molecule has 3 heterocycles. The summed E-state index contributed by atoms with van der Waals surface area (Å²) in [5.74, 6) is 0. The highest BCUT2D eigenvalue weighted by molar-refractivity contribution is 5.63. The number of hydrogen-bond donors (Lipinski definition) is 1. The smallest absolute Gasteiger partial charge is 0.0971 e. The minimum Gasteiger partial charge on any atom is -0.309 e. The van der Waals surface area contributed by atoms with E-state index in [1.807, 2.05) is 24.0 Å². The van der Waals surface area contributed by atoms with Gasteiger partial charge >= 0.3 is 0 Å². The molecule has 0 aliphatic carbocycles. The second-order valence-corrected chi connectivity index (χ2v) is 4.87. The topological polar surface area (TPSA) is 42.7 Å². The SMILES string of the molecule is Cc1c(-c2cccnc2)nn(C)c1C1CCCN1. The Balaban J connectivity index is 2.05. The van der Waals surface area contributed by atoms with Crippen LogP contribution in [0.4, 0.5) is 0 Å². The Morgan fingerprint density at radius 2 is 2.33 bits per heavy atom. The van der Waals surface area contributed by atoms with Gasteiger partial charge in [0, 0.05) is 31.0 Å². The van der Waals surface area contributed by atoms with Crippen molar-refractivity contribution in [2.45, 2.75) is 25.8 Å². The van der Waals surface area contributed by atoms with E-state index in [-0.39, 0.29) is 0 Å². The van der Waals surface area contributed by atoms with Gasteiger partial charge in [0.25, 0.3) is 0 Å². The van der Waals surface area contributed by atoms with Gasteiger partial charge in [-0.2, -0.15) is 5.10 Å². The van der Waals surface area contributed by atoms with Crippen molar-refractivity contribution in [1.29, 1.82) is 0 Å². The molecule has 3 rings (SSSR count). The molecule has 1 saturated heterocycles. The zero-order valence-corrected chi connectivity index (χ0v) is 10.8. The van der Waals surface area contributed by atoms with E-state index in [2.05, 4.69) is 28.4 Å². The summed E-state index contributed by atoms with van der Waals surface area (Å²) in [7, 11) is 2.03. The number of aryl methyl sites for hydroxylation is 1. The zero-order chi connectivity index (χ0) is 12.5. The summed E-state index contributed by atoms with van der Waals surface area (Å²) >= 11 is 0. The summed E-state index contributed by atoms with van der Waals surface area (Å²) in [5.41, 5.74) is 4.72. The monoisotopic (exact) mass is 242 g/mol. The maximum atomic E-state index is 4.66. The van der Waals surface area contributed by atoms with Crippen LogP contribution in [-0.2, 0) is 7.05 Å². The summed E-state index contributed by atoms with van der Waals surface area (Å²) in [4.78, 5) is 4.17. The first-order chi connectivity index (χ1) is 8.77. The summed E-state index contributed by atoms with van der Waals surface area (Å²) < 4.78 is 2.01. The van der Waals surface area contributed by atoms with Crippen LogP contribution in [0.1, 0.15) is 30.1 Å². The molecule has 2 aromatic rings. The minimum atomic E-state index is 0.452. The Hall–Kier alpha value is -1.68. The van der Waals surface area contributed by atoms with Crippen molar-refractivity contribution < 1.29 is 0 Å². The number of aromatic nitrogens is 3. The summed E-state index contributed by atoms with van der Waals surface area (Å²) in [6.07, 6.45) is 6.12. The fraction of sp³-hybridized carbons (Fsp3) is 0.429. The van der Waals surface area contributed by atoms with Crippen molar-refractivity contribution in [2.75, 3.05) is 6.54 Å². The third-order valence-electron chi connectivity index (χ3n) is 3.66. The third-order valence-corrected chi connectivity index (χ3v) is 3.66. The van der Waals surface area contributed by atoms with Crippen molar-refractivity contribution in [1.82, 2.24) is 20.1 Å². The lowest BCUT2D eigenvalue weighted by Crippen LogP contribution is -2.17. The van der Waals surface area contributed by atoms with E-state index in [4.69, 9.17) is 0 Å². The Morgan fingerprint density at radius 3 is 3.00 bits per heavy atom. The molecule has 1 atom stereocenters. The first kappa shape index (κ1) is 11.4. The van der Waals surface area contributed by atoms with Crippen molar-refractivity contribution >= 4 is 0 Å². The van der Waals surface area contributed by atoms with Crippen molar-refractivity contribution in [3.05, 3.63) is 35.8 Å². The molecule has 0 amide bonds. The third kappa shape index (κ3) is 1.82. The van der Waals surface area contributed by atoms with Gasteiger partial charge in [0.2, 0.25) is 0 Å². The molecule has 4 heteroatoms. The lowest BCUT2D eigenvalue weighted by Gasteiger charge is -2.11. The zero-order valence-electron chi connectivity index (χ0n) is 10.8. The van der Waals surface area contributed by atoms with E-state index in [1.54, 1.807) is 6.20 Å². The van der Waals surface area contributed by atoms with Gasteiger partial charge in [-0.05, 0) is 44.0 Å². The van der Waals surface area contributed by atoms with Gasteiger partial charge in [-0.3, -0.25) is 9.67 Å². The molecule has 94 valence electrons. The first-order valence-electron chi connectivity index (χ1n) is 6.44. The summed E-state index contributed by atoms with van der Waals surface area (Å²) in [6.45, 7) is 3.27. The van der Waals surface area contributed by atoms with E-state index < -0.39 is 0 Å². The Bertz CT molecular complexity index is 538. The number of rotatable bonds is 2. The quantitative estimate of drug-likeness (QED) is 0.878. The molecule has 1 N–H and O–H groups in total. The van der Waals surface area contributed by atoms with E-state index in [0.29, 0.717) is 6.04 Å².